The zero-order chi connectivity index (χ0) is 8.43. The van der Waals surface area contributed by atoms with Gasteiger partial charge in [0.25, 0.3) is 0 Å². The molecule has 2 heteroatoms. The molecule has 2 nitrogen and oxygen atoms in total. The first-order valence-corrected chi connectivity index (χ1v) is 4.53. The first kappa shape index (κ1) is 9.01. The van der Waals surface area contributed by atoms with Gasteiger partial charge in [-0.25, -0.2) is 0 Å². The summed E-state index contributed by atoms with van der Waals surface area (Å²) in [7, 11) is 0. The number of nitrogens with zero attached hydrogens (tertiary/aromatic N) is 1. The summed E-state index contributed by atoms with van der Waals surface area (Å²) >= 11 is 0. The van der Waals surface area contributed by atoms with Crippen LogP contribution in [0.3, 0.4) is 0 Å². The molecule has 0 amide bonds. The van der Waals surface area contributed by atoms with Crippen molar-refractivity contribution in [1.82, 2.24) is 4.90 Å². The Morgan fingerprint density at radius 1 is 1.45 bits per heavy atom. The third-order valence-electron chi connectivity index (χ3n) is 2.62. The van der Waals surface area contributed by atoms with Crippen molar-refractivity contribution >= 4 is 0 Å². The zero-order valence-electron chi connectivity index (χ0n) is 7.75. The standard InChI is InChI=1S/C9H19NO/c1-7(2)10-5-4-9(11)8(3)6-10/h7-9,11H,4-6H2,1-3H3/t8-,9+/m1/s1. The van der Waals surface area contributed by atoms with E-state index in [0.29, 0.717) is 12.0 Å². The highest BCUT2D eigenvalue weighted by molar-refractivity contribution is 4.78. The van der Waals surface area contributed by atoms with E-state index in [9.17, 15) is 5.11 Å². The van der Waals surface area contributed by atoms with Crippen molar-refractivity contribution in [2.24, 2.45) is 5.92 Å². The number of likely N-dealkylation sites (tertiary alicyclic amines) is 1. The lowest BCUT2D eigenvalue weighted by Gasteiger charge is -2.36. The molecule has 1 N–H and O–H groups in total. The molecule has 1 aliphatic heterocycles. The highest BCUT2D eigenvalue weighted by Crippen LogP contribution is 2.17. The van der Waals surface area contributed by atoms with Crippen molar-refractivity contribution in [3.05, 3.63) is 0 Å². The quantitative estimate of drug-likeness (QED) is 0.616. The van der Waals surface area contributed by atoms with Gasteiger partial charge >= 0.3 is 0 Å². The van der Waals surface area contributed by atoms with Crippen molar-refractivity contribution < 1.29 is 5.11 Å². The number of hydrogen-bond donors (Lipinski definition) is 1. The van der Waals surface area contributed by atoms with Crippen molar-refractivity contribution in [3.63, 3.8) is 0 Å². The molecule has 0 aromatic rings. The molecule has 1 fully saturated rings. The topological polar surface area (TPSA) is 23.5 Å². The Morgan fingerprint density at radius 3 is 2.55 bits per heavy atom. The normalized spacial score (nSPS) is 34.6. The lowest BCUT2D eigenvalue weighted by atomic mass is 9.96. The number of aliphatic hydroxyl groups excluding tert-OH is 1. The fourth-order valence-corrected chi connectivity index (χ4v) is 1.63. The van der Waals surface area contributed by atoms with Gasteiger partial charge in [0.15, 0.2) is 0 Å². The molecular weight excluding hydrogens is 138 g/mol. The Kier molecular flexibility index (Phi) is 2.90. The second-order valence-corrected chi connectivity index (χ2v) is 3.92. The Morgan fingerprint density at radius 2 is 2.09 bits per heavy atom. The molecule has 0 spiro atoms. The van der Waals surface area contributed by atoms with Crippen molar-refractivity contribution in [3.8, 4) is 0 Å². The summed E-state index contributed by atoms with van der Waals surface area (Å²) in [5, 5.41) is 9.45. The van der Waals surface area contributed by atoms with Crippen LogP contribution in [-0.2, 0) is 0 Å². The molecule has 0 unspecified atom stereocenters. The molecule has 11 heavy (non-hydrogen) atoms. The van der Waals surface area contributed by atoms with Gasteiger partial charge in [-0.1, -0.05) is 6.92 Å². The third-order valence-corrected chi connectivity index (χ3v) is 2.62. The smallest absolute Gasteiger partial charge is 0.0590 e. The Labute approximate surface area is 69.2 Å². The Hall–Kier alpha value is -0.0800. The molecule has 0 aliphatic carbocycles. The number of hydrogen-bond acceptors (Lipinski definition) is 2. The third kappa shape index (κ3) is 2.17. The van der Waals surface area contributed by atoms with Gasteiger partial charge in [-0.15, -0.1) is 0 Å². The lowest BCUT2D eigenvalue weighted by Crippen LogP contribution is -2.44. The van der Waals surface area contributed by atoms with Gasteiger partial charge in [0, 0.05) is 19.1 Å². The molecule has 0 radical (unpaired) electrons. The van der Waals surface area contributed by atoms with Gasteiger partial charge in [0.2, 0.25) is 0 Å². The molecule has 1 rings (SSSR count). The maximum absolute atomic E-state index is 9.45. The van der Waals surface area contributed by atoms with Crippen LogP contribution in [-0.4, -0.2) is 35.2 Å². The van der Waals surface area contributed by atoms with Crippen LogP contribution >= 0.6 is 0 Å². The largest absolute Gasteiger partial charge is 0.393 e. The minimum atomic E-state index is -0.0648. The summed E-state index contributed by atoms with van der Waals surface area (Å²) in [5.41, 5.74) is 0. The second kappa shape index (κ2) is 3.55. The van der Waals surface area contributed by atoms with E-state index in [1.54, 1.807) is 0 Å². The van der Waals surface area contributed by atoms with E-state index in [1.165, 1.54) is 0 Å². The van der Waals surface area contributed by atoms with Crippen molar-refractivity contribution in [2.45, 2.75) is 39.3 Å². The molecule has 0 aromatic heterocycles. The summed E-state index contributed by atoms with van der Waals surface area (Å²) < 4.78 is 0. The van der Waals surface area contributed by atoms with Crippen LogP contribution in [0.5, 0.6) is 0 Å². The summed E-state index contributed by atoms with van der Waals surface area (Å²) in [6, 6.07) is 0.630. The summed E-state index contributed by atoms with van der Waals surface area (Å²) in [4.78, 5) is 2.43. The van der Waals surface area contributed by atoms with Crippen LogP contribution in [0, 0.1) is 5.92 Å². The maximum Gasteiger partial charge on any atom is 0.0590 e. The molecule has 1 aliphatic rings. The lowest BCUT2D eigenvalue weighted by molar-refractivity contribution is 0.0233. The number of piperidine rings is 1. The van der Waals surface area contributed by atoms with Gasteiger partial charge < -0.3 is 10.0 Å². The average molecular weight is 157 g/mol. The SMILES string of the molecule is CC(C)N1CC[C@H](O)[C@H](C)C1. The van der Waals surface area contributed by atoms with Gasteiger partial charge in [-0.3, -0.25) is 0 Å². The van der Waals surface area contributed by atoms with E-state index in [-0.39, 0.29) is 6.10 Å². The van der Waals surface area contributed by atoms with E-state index in [1.807, 2.05) is 0 Å². The highest BCUT2D eigenvalue weighted by atomic mass is 16.3. The second-order valence-electron chi connectivity index (χ2n) is 3.92. The zero-order valence-corrected chi connectivity index (χ0v) is 7.75. The molecular formula is C9H19NO. The molecule has 1 saturated heterocycles. The highest BCUT2D eigenvalue weighted by Gasteiger charge is 2.24. The Bertz CT molecular complexity index is 125. The fourth-order valence-electron chi connectivity index (χ4n) is 1.63. The average Bonchev–Trinajstić information content (AvgIpc) is 1.94. The monoisotopic (exact) mass is 157 g/mol. The molecule has 66 valence electrons. The summed E-state index contributed by atoms with van der Waals surface area (Å²) in [5.74, 6) is 0.450. The Balaban J connectivity index is 2.40. The minimum absolute atomic E-state index is 0.0648. The molecule has 2 atom stereocenters. The van der Waals surface area contributed by atoms with Crippen LogP contribution in [0.15, 0.2) is 0 Å². The number of rotatable bonds is 1. The van der Waals surface area contributed by atoms with Crippen LogP contribution < -0.4 is 0 Å². The van der Waals surface area contributed by atoms with Crippen LogP contribution in [0.4, 0.5) is 0 Å². The fraction of sp³-hybridized carbons (Fsp3) is 1.00. The molecule has 0 saturated carbocycles. The van der Waals surface area contributed by atoms with E-state index in [4.69, 9.17) is 0 Å². The molecule has 1 heterocycles. The maximum atomic E-state index is 9.45. The van der Waals surface area contributed by atoms with Crippen LogP contribution in [0.2, 0.25) is 0 Å². The van der Waals surface area contributed by atoms with Crippen molar-refractivity contribution in [2.75, 3.05) is 13.1 Å². The summed E-state index contributed by atoms with van der Waals surface area (Å²) in [6.07, 6.45) is 0.879. The summed E-state index contributed by atoms with van der Waals surface area (Å²) in [6.45, 7) is 8.66. The van der Waals surface area contributed by atoms with E-state index >= 15 is 0 Å². The van der Waals surface area contributed by atoms with Gasteiger partial charge in [0.05, 0.1) is 6.10 Å². The van der Waals surface area contributed by atoms with Crippen LogP contribution in [0.1, 0.15) is 27.2 Å². The van der Waals surface area contributed by atoms with E-state index in [2.05, 4.69) is 25.7 Å². The van der Waals surface area contributed by atoms with Crippen LogP contribution in [0.25, 0.3) is 0 Å². The first-order chi connectivity index (χ1) is 5.11. The predicted molar refractivity (Wildman–Crippen MR) is 46.5 cm³/mol. The first-order valence-electron chi connectivity index (χ1n) is 4.53. The van der Waals surface area contributed by atoms with E-state index < -0.39 is 0 Å². The van der Waals surface area contributed by atoms with Gasteiger partial charge in [-0.05, 0) is 26.2 Å². The van der Waals surface area contributed by atoms with Gasteiger partial charge in [-0.2, -0.15) is 0 Å². The molecule has 0 aromatic carbocycles. The molecule has 0 bridgehead atoms. The van der Waals surface area contributed by atoms with E-state index in [0.717, 1.165) is 19.5 Å². The van der Waals surface area contributed by atoms with Crippen molar-refractivity contribution in [1.29, 1.82) is 0 Å². The minimum Gasteiger partial charge on any atom is -0.393 e. The van der Waals surface area contributed by atoms with Gasteiger partial charge in [0.1, 0.15) is 0 Å². The number of aliphatic hydroxyl groups is 1. The predicted octanol–water partition coefficient (Wildman–Crippen LogP) is 1.10.